The van der Waals surface area contributed by atoms with E-state index >= 15 is 0 Å². The Balaban J connectivity index is 1.52. The summed E-state index contributed by atoms with van der Waals surface area (Å²) in [6.07, 6.45) is -0.925. The molecular formula is C35H31F3N4O3. The first-order chi connectivity index (χ1) is 21.3. The molecule has 3 heterocycles. The van der Waals surface area contributed by atoms with Crippen LogP contribution in [0.2, 0.25) is 0 Å². The normalized spacial score (nSPS) is 11.9. The van der Waals surface area contributed by atoms with Gasteiger partial charge in [-0.25, -0.2) is 0 Å². The highest BCUT2D eigenvalue weighted by Crippen LogP contribution is 2.31. The van der Waals surface area contributed by atoms with Gasteiger partial charge in [0.2, 0.25) is 0 Å². The number of fused-ring (bicyclic) bond motifs is 1. The van der Waals surface area contributed by atoms with Crippen LogP contribution in [0.4, 0.5) is 13.2 Å². The second-order valence-electron chi connectivity index (χ2n) is 11.5. The van der Waals surface area contributed by atoms with Gasteiger partial charge in [0.25, 0.3) is 5.91 Å². The Bertz CT molecular complexity index is 1900. The molecule has 3 aromatic heterocycles. The van der Waals surface area contributed by atoms with E-state index in [-0.39, 0.29) is 18.7 Å². The molecule has 45 heavy (non-hydrogen) atoms. The van der Waals surface area contributed by atoms with E-state index < -0.39 is 29.0 Å². The van der Waals surface area contributed by atoms with E-state index in [4.69, 9.17) is 0 Å². The summed E-state index contributed by atoms with van der Waals surface area (Å²) >= 11 is 0. The summed E-state index contributed by atoms with van der Waals surface area (Å²) in [7, 11) is 0. The molecule has 5 rings (SSSR count). The second-order valence-corrected chi connectivity index (χ2v) is 11.5. The highest BCUT2D eigenvalue weighted by Gasteiger charge is 2.32. The number of carboxylic acid groups (broad SMARTS) is 1. The number of carbonyl (C=O) groups excluding carboxylic acids is 1. The molecule has 10 heteroatoms. The van der Waals surface area contributed by atoms with Crippen LogP contribution in [0.15, 0.2) is 85.3 Å². The molecule has 0 aliphatic heterocycles. The molecule has 230 valence electrons. The average molecular weight is 613 g/mol. The molecule has 0 aliphatic carbocycles. The maximum atomic E-state index is 14.3. The van der Waals surface area contributed by atoms with Crippen molar-refractivity contribution in [2.45, 2.75) is 52.4 Å². The lowest BCUT2D eigenvalue weighted by Gasteiger charge is -2.25. The number of aromatic nitrogens is 3. The third-order valence-corrected chi connectivity index (χ3v) is 8.01. The summed E-state index contributed by atoms with van der Waals surface area (Å²) in [6, 6.07) is 19.2. The van der Waals surface area contributed by atoms with Crippen molar-refractivity contribution in [2.75, 3.05) is 0 Å². The molecular weight excluding hydrogens is 581 g/mol. The minimum atomic E-state index is -4.58. The lowest BCUT2D eigenvalue weighted by molar-refractivity contribution is -0.142. The number of rotatable bonds is 8. The molecule has 0 bridgehead atoms. The standard InChI is InChI=1S/C35H31F3N4O3/c1-21-22(2)41-29-9-6-14-40-31(29)30(21)32(43)42(20-24-15-28(18-39-17-24)35(36,37)38)19-23-10-12-25(13-11-23)26-7-5-8-27(16-26)34(3,4)33(44)45/h5-18H,19-20H2,1-4H3,(H,44,45). The maximum absolute atomic E-state index is 14.3. The van der Waals surface area contributed by atoms with E-state index in [0.29, 0.717) is 33.4 Å². The van der Waals surface area contributed by atoms with Gasteiger partial charge in [-0.1, -0.05) is 48.5 Å². The van der Waals surface area contributed by atoms with Crippen molar-refractivity contribution < 1.29 is 27.9 Å². The Morgan fingerprint density at radius 2 is 1.56 bits per heavy atom. The van der Waals surface area contributed by atoms with Crippen molar-refractivity contribution in [1.82, 2.24) is 19.9 Å². The fourth-order valence-electron chi connectivity index (χ4n) is 5.11. The zero-order valence-electron chi connectivity index (χ0n) is 25.2. The van der Waals surface area contributed by atoms with Gasteiger partial charge in [-0.3, -0.25) is 24.5 Å². The maximum Gasteiger partial charge on any atom is 0.417 e. The minimum absolute atomic E-state index is 0.0938. The van der Waals surface area contributed by atoms with Crippen molar-refractivity contribution in [3.8, 4) is 11.1 Å². The Kier molecular flexibility index (Phi) is 8.42. The SMILES string of the molecule is Cc1nc2cccnc2c(C(=O)N(Cc2ccc(-c3cccc(C(C)(C)C(=O)O)c3)cc2)Cc2cncc(C(F)(F)F)c2)c1C. The molecule has 0 spiro atoms. The van der Waals surface area contributed by atoms with Gasteiger partial charge in [-0.05, 0) is 79.3 Å². The molecule has 0 atom stereocenters. The van der Waals surface area contributed by atoms with Gasteiger partial charge in [0.05, 0.1) is 22.1 Å². The molecule has 0 aliphatic rings. The zero-order valence-corrected chi connectivity index (χ0v) is 25.2. The molecule has 1 amide bonds. The number of pyridine rings is 3. The predicted molar refractivity (Wildman–Crippen MR) is 164 cm³/mol. The van der Waals surface area contributed by atoms with Gasteiger partial charge in [0, 0.05) is 37.4 Å². The summed E-state index contributed by atoms with van der Waals surface area (Å²) in [5.41, 5.74) is 3.93. The summed E-state index contributed by atoms with van der Waals surface area (Å²) in [4.78, 5) is 40.3. The van der Waals surface area contributed by atoms with Crippen LogP contribution in [0.1, 0.15) is 57.7 Å². The van der Waals surface area contributed by atoms with Gasteiger partial charge in [0.15, 0.2) is 0 Å². The minimum Gasteiger partial charge on any atom is -0.481 e. The van der Waals surface area contributed by atoms with Crippen molar-refractivity contribution in [3.63, 3.8) is 0 Å². The van der Waals surface area contributed by atoms with Gasteiger partial charge >= 0.3 is 12.1 Å². The van der Waals surface area contributed by atoms with Crippen LogP contribution in [-0.4, -0.2) is 36.8 Å². The topological polar surface area (TPSA) is 96.3 Å². The number of aliphatic carboxylic acids is 1. The van der Waals surface area contributed by atoms with E-state index in [0.717, 1.165) is 29.0 Å². The third kappa shape index (κ3) is 6.55. The lowest BCUT2D eigenvalue weighted by Crippen LogP contribution is -2.31. The number of carboxylic acids is 1. The van der Waals surface area contributed by atoms with Gasteiger partial charge < -0.3 is 10.0 Å². The lowest BCUT2D eigenvalue weighted by atomic mass is 9.83. The number of amides is 1. The van der Waals surface area contributed by atoms with Crippen LogP contribution in [0.5, 0.6) is 0 Å². The van der Waals surface area contributed by atoms with Crippen LogP contribution in [-0.2, 0) is 29.5 Å². The number of nitrogens with zero attached hydrogens (tertiary/aromatic N) is 4. The van der Waals surface area contributed by atoms with Crippen LogP contribution >= 0.6 is 0 Å². The fraction of sp³-hybridized carbons (Fsp3) is 0.229. The highest BCUT2D eigenvalue weighted by molar-refractivity contribution is 6.06. The number of aryl methyl sites for hydroxylation is 1. The van der Waals surface area contributed by atoms with Crippen molar-refractivity contribution >= 4 is 22.9 Å². The Morgan fingerprint density at radius 1 is 0.844 bits per heavy atom. The van der Waals surface area contributed by atoms with E-state index in [1.54, 1.807) is 52.1 Å². The number of benzene rings is 2. The Labute approximate surface area is 258 Å². The van der Waals surface area contributed by atoms with E-state index in [1.807, 2.05) is 42.5 Å². The number of hydrogen-bond donors (Lipinski definition) is 1. The fourth-order valence-corrected chi connectivity index (χ4v) is 5.11. The second kappa shape index (κ2) is 12.1. The van der Waals surface area contributed by atoms with E-state index in [1.165, 1.54) is 11.1 Å². The number of hydrogen-bond acceptors (Lipinski definition) is 5. The number of alkyl halides is 3. The summed E-state index contributed by atoms with van der Waals surface area (Å²) < 4.78 is 40.5. The quantitative estimate of drug-likeness (QED) is 0.195. The van der Waals surface area contributed by atoms with Crippen LogP contribution in [0, 0.1) is 13.8 Å². The first-order valence-electron chi connectivity index (χ1n) is 14.2. The Morgan fingerprint density at radius 3 is 2.24 bits per heavy atom. The first-order valence-corrected chi connectivity index (χ1v) is 14.2. The van der Waals surface area contributed by atoms with Gasteiger partial charge in [-0.15, -0.1) is 0 Å². The molecule has 2 aromatic carbocycles. The highest BCUT2D eigenvalue weighted by atomic mass is 19.4. The van der Waals surface area contributed by atoms with Crippen LogP contribution in [0.3, 0.4) is 0 Å². The summed E-state index contributed by atoms with van der Waals surface area (Å²) in [6.45, 7) is 6.84. The smallest absolute Gasteiger partial charge is 0.417 e. The molecule has 0 saturated carbocycles. The Hall–Kier alpha value is -5.12. The molecule has 0 saturated heterocycles. The molecule has 0 unspecified atom stereocenters. The van der Waals surface area contributed by atoms with Crippen molar-refractivity contribution in [1.29, 1.82) is 0 Å². The van der Waals surface area contributed by atoms with E-state index in [9.17, 15) is 27.9 Å². The summed E-state index contributed by atoms with van der Waals surface area (Å²) in [5, 5.41) is 9.66. The molecule has 0 radical (unpaired) electrons. The molecule has 0 fully saturated rings. The third-order valence-electron chi connectivity index (χ3n) is 8.01. The first kappa shape index (κ1) is 31.3. The summed E-state index contributed by atoms with van der Waals surface area (Å²) in [5.74, 6) is -1.33. The molecule has 7 nitrogen and oxygen atoms in total. The predicted octanol–water partition coefficient (Wildman–Crippen LogP) is 7.53. The monoisotopic (exact) mass is 612 g/mol. The molecule has 5 aromatic rings. The largest absolute Gasteiger partial charge is 0.481 e. The van der Waals surface area contributed by atoms with Gasteiger partial charge in [0.1, 0.15) is 5.52 Å². The van der Waals surface area contributed by atoms with Crippen molar-refractivity contribution in [3.05, 3.63) is 124 Å². The average Bonchev–Trinajstić information content (AvgIpc) is 3.01. The van der Waals surface area contributed by atoms with E-state index in [2.05, 4.69) is 15.0 Å². The van der Waals surface area contributed by atoms with Gasteiger partial charge in [-0.2, -0.15) is 13.2 Å². The van der Waals surface area contributed by atoms with Crippen LogP contribution < -0.4 is 0 Å². The zero-order chi connectivity index (χ0) is 32.5. The van der Waals surface area contributed by atoms with Crippen LogP contribution in [0.25, 0.3) is 22.2 Å². The van der Waals surface area contributed by atoms with Crippen molar-refractivity contribution in [2.24, 2.45) is 0 Å². The molecule has 1 N–H and O–H groups in total. The number of halogens is 3. The number of carbonyl (C=O) groups is 2.